The highest BCUT2D eigenvalue weighted by atomic mass is 15.2. The van der Waals surface area contributed by atoms with Crippen molar-refractivity contribution >= 4 is 65.4 Å². The largest absolute Gasteiger partial charge is 0.309 e. The van der Waals surface area contributed by atoms with Gasteiger partial charge in [-0.25, -0.2) is 19.9 Å². The van der Waals surface area contributed by atoms with Gasteiger partial charge < -0.3 is 4.57 Å². The summed E-state index contributed by atoms with van der Waals surface area (Å²) in [5.41, 5.74) is 22.6. The molecule has 0 atom stereocenters. The van der Waals surface area contributed by atoms with Gasteiger partial charge in [0, 0.05) is 95.0 Å². The maximum atomic E-state index is 5.16. The van der Waals surface area contributed by atoms with Crippen molar-refractivity contribution in [3.63, 3.8) is 0 Å². The van der Waals surface area contributed by atoms with Crippen molar-refractivity contribution in [1.82, 2.24) is 43.6 Å². The molecule has 0 bridgehead atoms. The molecule has 9 heteroatoms. The number of hydrogen-bond acceptors (Lipinski definition) is 6. The van der Waals surface area contributed by atoms with Crippen molar-refractivity contribution in [3.8, 4) is 62.2 Å². The highest BCUT2D eigenvalue weighted by molar-refractivity contribution is 6.11. The number of benzene rings is 11. The number of rotatable bonds is 7. The second-order valence-corrected chi connectivity index (χ2v) is 36.5. The van der Waals surface area contributed by atoms with Gasteiger partial charge in [0.2, 0.25) is 0 Å². The molecule has 0 unspecified atom stereocenters. The van der Waals surface area contributed by atoms with Crippen LogP contribution in [0, 0.1) is 0 Å². The van der Waals surface area contributed by atoms with Gasteiger partial charge in [-0.2, -0.15) is 0 Å². The number of pyridine rings is 2. The maximum Gasteiger partial charge on any atom is 0.143 e. The Labute approximate surface area is 692 Å². The average Bonchev–Trinajstić information content (AvgIpc) is 1.59. The normalized spacial score (nSPS) is 12.0. The minimum absolute atomic E-state index is 0.0739. The molecular formula is C108H109N9. The van der Waals surface area contributed by atoms with Crippen LogP contribution in [-0.2, 0) is 32.5 Å². The van der Waals surface area contributed by atoms with E-state index in [1.807, 2.05) is 67.0 Å². The van der Waals surface area contributed by atoms with Crippen molar-refractivity contribution < 1.29 is 0 Å². The van der Waals surface area contributed by atoms with Crippen molar-refractivity contribution in [1.29, 1.82) is 0 Å². The predicted octanol–water partition coefficient (Wildman–Crippen LogP) is 28.5. The van der Waals surface area contributed by atoms with E-state index in [1.54, 1.807) is 0 Å². The summed E-state index contributed by atoms with van der Waals surface area (Å²) >= 11 is 0. The van der Waals surface area contributed by atoms with E-state index >= 15 is 0 Å². The Bertz CT molecular complexity index is 6080. The smallest absolute Gasteiger partial charge is 0.143 e. The minimum atomic E-state index is -0.220. The summed E-state index contributed by atoms with van der Waals surface area (Å²) in [4.78, 5) is 28.9. The average molecular weight is 1530 g/mol. The minimum Gasteiger partial charge on any atom is -0.309 e. The maximum absolute atomic E-state index is 5.16. The van der Waals surface area contributed by atoms with E-state index in [0.29, 0.717) is 0 Å². The second kappa shape index (κ2) is 33.2. The summed E-state index contributed by atoms with van der Waals surface area (Å²) in [6.07, 6.45) is 3.98. The molecule has 11 aromatic carbocycles. The molecule has 9 nitrogen and oxygen atoms in total. The number of aromatic nitrogens is 9. The molecule has 0 spiro atoms. The van der Waals surface area contributed by atoms with Gasteiger partial charge in [0.25, 0.3) is 0 Å². The van der Waals surface area contributed by atoms with E-state index in [1.165, 1.54) is 82.4 Å². The topological polar surface area (TPSA) is 92.1 Å². The zero-order valence-corrected chi connectivity index (χ0v) is 71.3. The number of hydrogen-bond donors (Lipinski definition) is 0. The summed E-state index contributed by atoms with van der Waals surface area (Å²) in [7, 11) is 0. The molecule has 0 N–H and O–H groups in total. The van der Waals surface area contributed by atoms with Crippen LogP contribution < -0.4 is 0 Å². The molecule has 0 aliphatic rings. The Balaban J connectivity index is 0.000000126. The molecule has 0 radical (unpaired) electrons. The molecule has 0 amide bonds. The highest BCUT2D eigenvalue weighted by Gasteiger charge is 2.27. The van der Waals surface area contributed by atoms with Crippen molar-refractivity contribution in [3.05, 3.63) is 368 Å². The molecule has 117 heavy (non-hydrogen) atoms. The van der Waals surface area contributed by atoms with Crippen molar-refractivity contribution in [2.24, 2.45) is 0 Å². The van der Waals surface area contributed by atoms with Crippen LogP contribution in [0.15, 0.2) is 334 Å². The molecule has 7 heterocycles. The Kier molecular flexibility index (Phi) is 23.0. The number of nitrogens with zero attached hydrogens (tertiary/aromatic N) is 9. The van der Waals surface area contributed by atoms with Crippen LogP contribution in [-0.4, -0.2) is 43.6 Å². The van der Waals surface area contributed by atoms with E-state index in [4.69, 9.17) is 19.9 Å². The van der Waals surface area contributed by atoms with Gasteiger partial charge in [-0.05, 0) is 99.2 Å². The third kappa shape index (κ3) is 17.9. The Morgan fingerprint density at radius 3 is 0.880 bits per heavy atom. The Hall–Kier alpha value is -12.7. The molecule has 18 rings (SSSR count). The van der Waals surface area contributed by atoms with Crippen LogP contribution in [0.5, 0.6) is 0 Å². The van der Waals surface area contributed by atoms with Gasteiger partial charge in [-0.1, -0.05) is 379 Å². The molecule has 0 aliphatic heterocycles. The van der Waals surface area contributed by atoms with Gasteiger partial charge in [-0.15, -0.1) is 0 Å². The molecule has 7 aromatic heterocycles. The van der Waals surface area contributed by atoms with Gasteiger partial charge in [-0.3, -0.25) is 19.1 Å². The number of fused-ring (bicyclic) bond motifs is 9. The summed E-state index contributed by atoms with van der Waals surface area (Å²) in [6, 6.07) is 113. The van der Waals surface area contributed by atoms with Crippen molar-refractivity contribution in [2.75, 3.05) is 0 Å². The first kappa shape index (κ1) is 80.9. The number of para-hydroxylation sites is 7. The third-order valence-electron chi connectivity index (χ3n) is 21.4. The first-order chi connectivity index (χ1) is 55.9. The summed E-state index contributed by atoms with van der Waals surface area (Å²) in [5, 5.41) is 7.48. The van der Waals surface area contributed by atoms with Crippen LogP contribution in [0.25, 0.3) is 128 Å². The van der Waals surface area contributed by atoms with Gasteiger partial charge in [0.1, 0.15) is 23.3 Å². The summed E-state index contributed by atoms with van der Waals surface area (Å²) < 4.78 is 6.97. The van der Waals surface area contributed by atoms with E-state index in [2.05, 4.69) is 415 Å². The van der Waals surface area contributed by atoms with Crippen LogP contribution in [0.4, 0.5) is 0 Å². The van der Waals surface area contributed by atoms with E-state index in [9.17, 15) is 0 Å². The summed E-state index contributed by atoms with van der Waals surface area (Å²) in [6.45, 7) is 39.6. The molecular weight excluding hydrogens is 1420 g/mol. The van der Waals surface area contributed by atoms with Crippen molar-refractivity contribution in [2.45, 2.75) is 157 Å². The van der Waals surface area contributed by atoms with E-state index < -0.39 is 0 Å². The molecule has 18 aromatic rings. The van der Waals surface area contributed by atoms with Gasteiger partial charge in [0.05, 0.1) is 55.9 Å². The zero-order chi connectivity index (χ0) is 82.6. The SMILES string of the molecule is CC(C)(C)c1ccc(-c2ccccc2)nc1.CC(C)(C)c1ccc(C(C)(C)C)nc1.CC(C)(C)c1ccccc1-c1ccccc1-n1c2ccccc2c2ccccc21.CC(C)(C)c1nc(-c2ccccc2)cc(-c2ccccc2)n1.CC(C)(C)c1nc(-n2c3ccccc3c3ccccc32)cc(-n2c3ccccc3c3ccccc32)n1. The Morgan fingerprint density at radius 1 is 0.222 bits per heavy atom. The highest BCUT2D eigenvalue weighted by Crippen LogP contribution is 2.42. The van der Waals surface area contributed by atoms with E-state index in [-0.39, 0.29) is 32.5 Å². The monoisotopic (exact) mass is 1530 g/mol. The third-order valence-corrected chi connectivity index (χ3v) is 21.4. The molecule has 0 saturated carbocycles. The second-order valence-electron chi connectivity index (χ2n) is 36.5. The Morgan fingerprint density at radius 2 is 0.538 bits per heavy atom. The predicted molar refractivity (Wildman–Crippen MR) is 496 cm³/mol. The fourth-order valence-corrected chi connectivity index (χ4v) is 15.0. The summed E-state index contributed by atoms with van der Waals surface area (Å²) in [5.74, 6) is 3.44. The zero-order valence-electron chi connectivity index (χ0n) is 71.3. The first-order valence-corrected chi connectivity index (χ1v) is 40.9. The first-order valence-electron chi connectivity index (χ1n) is 40.9. The molecule has 0 saturated heterocycles. The van der Waals surface area contributed by atoms with Crippen LogP contribution in [0.1, 0.15) is 159 Å². The fraction of sp³-hybridized carbons (Fsp3) is 0.222. The lowest BCUT2D eigenvalue weighted by Crippen LogP contribution is -2.19. The lowest BCUT2D eigenvalue weighted by molar-refractivity contribution is 0.542. The standard InChI is InChI=1S/C32H26N4.C28H25N.C20H20N2.C15H17N.C13H21N/c1-32(2,3)31-33-29(35-25-16-8-4-12-21(25)22-13-5-9-17-26(22)35)20-30(34-31)36-27-18-10-6-14-23(27)24-15-7-11-19-28(24)36;1-28(2,3)24-16-8-4-12-20(24)21-13-5-9-17-25(21)29-26-18-10-6-14-22(26)23-15-7-11-19-27(23)29;1-20(2,3)19-21-17(15-10-6-4-7-11-15)14-18(22-19)16-12-8-5-9-13-16;1-15(2,3)13-9-10-14(16-11-13)12-7-5-4-6-8-12;1-12(2,3)10-7-8-11(14-9-10)13(4,5)6/h4-20H,1-3H3;4-19H,1-3H3;4-14H,1-3H3;4-11H,1-3H3;7-9H,1-6H3. The quantitative estimate of drug-likeness (QED) is 0.158. The van der Waals surface area contributed by atoms with Crippen LogP contribution >= 0.6 is 0 Å². The lowest BCUT2D eigenvalue weighted by atomic mass is 9.81. The molecule has 0 aliphatic carbocycles. The molecule has 586 valence electrons. The van der Waals surface area contributed by atoms with Gasteiger partial charge in [0.15, 0.2) is 0 Å². The fourth-order valence-electron chi connectivity index (χ4n) is 15.0. The lowest BCUT2D eigenvalue weighted by Gasteiger charge is -2.24. The van der Waals surface area contributed by atoms with E-state index in [0.717, 1.165) is 79.3 Å². The van der Waals surface area contributed by atoms with Crippen LogP contribution in [0.2, 0.25) is 0 Å². The van der Waals surface area contributed by atoms with Gasteiger partial charge >= 0.3 is 0 Å². The molecule has 0 fully saturated rings. The van der Waals surface area contributed by atoms with Crippen LogP contribution in [0.3, 0.4) is 0 Å².